The Kier molecular flexibility index (Phi) is 4.75. The first-order valence-corrected chi connectivity index (χ1v) is 9.30. The van der Waals surface area contributed by atoms with Gasteiger partial charge in [0.05, 0.1) is 24.0 Å². The predicted molar refractivity (Wildman–Crippen MR) is 107 cm³/mol. The normalized spacial score (nSPS) is 15.8. The molecule has 0 aliphatic heterocycles. The van der Waals surface area contributed by atoms with E-state index in [2.05, 4.69) is 31.4 Å². The Balaban J connectivity index is 1.79. The Morgan fingerprint density at radius 3 is 2.93 bits per heavy atom. The first kappa shape index (κ1) is 18.4. The van der Waals surface area contributed by atoms with Crippen molar-refractivity contribution in [2.45, 2.75) is 31.9 Å². The summed E-state index contributed by atoms with van der Waals surface area (Å²) in [6, 6.07) is 3.76. The fourth-order valence-electron chi connectivity index (χ4n) is 3.30. The molecule has 1 aliphatic rings. The zero-order valence-electron chi connectivity index (χ0n) is 16.0. The standard InChI is InChI=1S/C21H23N5O2/c1-21(27,14-3-4-14)7-5-15-11-16-17(18-6-8-23-20(22)25-18)13-26(9-10-28-2)19(16)12-24-15/h6,8,11-14,27H,3-4,9-10H2,1-2H3,(H2,22,23,25). The van der Waals surface area contributed by atoms with Crippen molar-refractivity contribution in [3.05, 3.63) is 36.4 Å². The lowest BCUT2D eigenvalue weighted by Crippen LogP contribution is -2.24. The number of fused-ring (bicyclic) bond motifs is 1. The number of nitrogens with zero attached hydrogens (tertiary/aromatic N) is 4. The number of anilines is 1. The van der Waals surface area contributed by atoms with E-state index in [9.17, 15) is 5.11 Å². The first-order valence-electron chi connectivity index (χ1n) is 9.30. The predicted octanol–water partition coefficient (Wildman–Crippen LogP) is 2.23. The average molecular weight is 377 g/mol. The van der Waals surface area contributed by atoms with Gasteiger partial charge in [-0.15, -0.1) is 0 Å². The zero-order chi connectivity index (χ0) is 19.7. The van der Waals surface area contributed by atoms with Crippen LogP contribution < -0.4 is 5.73 Å². The Labute approximate surface area is 163 Å². The lowest BCUT2D eigenvalue weighted by molar-refractivity contribution is 0.0980. The molecule has 0 spiro atoms. The minimum atomic E-state index is -0.967. The molecule has 3 aromatic rings. The number of pyridine rings is 1. The van der Waals surface area contributed by atoms with Crippen LogP contribution in [-0.4, -0.2) is 43.9 Å². The molecule has 0 amide bonds. The molecule has 0 radical (unpaired) electrons. The van der Waals surface area contributed by atoms with Gasteiger partial charge in [0.25, 0.3) is 0 Å². The molecule has 0 aromatic carbocycles. The molecule has 7 heteroatoms. The van der Waals surface area contributed by atoms with Crippen LogP contribution in [0.4, 0.5) is 5.95 Å². The number of aromatic nitrogens is 4. The van der Waals surface area contributed by atoms with Crippen LogP contribution in [0, 0.1) is 17.8 Å². The Hall–Kier alpha value is -2.95. The number of nitrogens with two attached hydrogens (primary N) is 1. The van der Waals surface area contributed by atoms with Gasteiger partial charge in [0, 0.05) is 37.0 Å². The third-order valence-corrected chi connectivity index (χ3v) is 5.07. The number of ether oxygens (including phenoxy) is 1. The van der Waals surface area contributed by atoms with Crippen LogP contribution in [0.2, 0.25) is 0 Å². The van der Waals surface area contributed by atoms with Crippen molar-refractivity contribution >= 4 is 16.9 Å². The zero-order valence-corrected chi connectivity index (χ0v) is 16.0. The van der Waals surface area contributed by atoms with Gasteiger partial charge in [-0.1, -0.05) is 5.92 Å². The van der Waals surface area contributed by atoms with Crippen molar-refractivity contribution in [3.63, 3.8) is 0 Å². The van der Waals surface area contributed by atoms with Crippen molar-refractivity contribution in [1.82, 2.24) is 19.5 Å². The highest BCUT2D eigenvalue weighted by atomic mass is 16.5. The van der Waals surface area contributed by atoms with E-state index in [4.69, 9.17) is 10.5 Å². The number of hydrogen-bond donors (Lipinski definition) is 2. The van der Waals surface area contributed by atoms with Gasteiger partial charge in [-0.3, -0.25) is 0 Å². The van der Waals surface area contributed by atoms with Crippen molar-refractivity contribution in [1.29, 1.82) is 0 Å². The minimum absolute atomic E-state index is 0.227. The number of hydrogen-bond acceptors (Lipinski definition) is 6. The second-order valence-electron chi connectivity index (χ2n) is 7.29. The molecule has 3 heterocycles. The van der Waals surface area contributed by atoms with Gasteiger partial charge in [-0.05, 0) is 43.7 Å². The molecule has 1 fully saturated rings. The van der Waals surface area contributed by atoms with Crippen LogP contribution in [0.25, 0.3) is 22.2 Å². The van der Waals surface area contributed by atoms with Crippen LogP contribution in [0.3, 0.4) is 0 Å². The highest BCUT2D eigenvalue weighted by Crippen LogP contribution is 2.39. The molecule has 1 aliphatic carbocycles. The fraction of sp³-hybridized carbons (Fsp3) is 0.381. The van der Waals surface area contributed by atoms with E-state index in [1.54, 1.807) is 26.4 Å². The number of nitrogen functional groups attached to an aromatic ring is 1. The molecular weight excluding hydrogens is 354 g/mol. The van der Waals surface area contributed by atoms with Gasteiger partial charge in [-0.25, -0.2) is 15.0 Å². The number of rotatable bonds is 5. The van der Waals surface area contributed by atoms with E-state index in [0.29, 0.717) is 18.8 Å². The molecule has 1 saturated carbocycles. The summed E-state index contributed by atoms with van der Waals surface area (Å²) in [5.74, 6) is 6.51. The van der Waals surface area contributed by atoms with Gasteiger partial charge in [0.15, 0.2) is 0 Å². The molecule has 0 bridgehead atoms. The molecule has 4 rings (SSSR count). The first-order chi connectivity index (χ1) is 13.5. The van der Waals surface area contributed by atoms with Crippen LogP contribution >= 0.6 is 0 Å². The SMILES string of the molecule is COCCn1cc(-c2ccnc(N)n2)c2cc(C#CC(C)(O)C3CC3)ncc21. The maximum absolute atomic E-state index is 10.4. The lowest BCUT2D eigenvalue weighted by Gasteiger charge is -2.14. The van der Waals surface area contributed by atoms with E-state index in [-0.39, 0.29) is 11.9 Å². The molecule has 1 atom stereocenters. The summed E-state index contributed by atoms with van der Waals surface area (Å²) in [5.41, 5.74) is 8.05. The molecule has 28 heavy (non-hydrogen) atoms. The molecule has 3 N–H and O–H groups in total. The maximum Gasteiger partial charge on any atom is 0.220 e. The van der Waals surface area contributed by atoms with E-state index >= 15 is 0 Å². The minimum Gasteiger partial charge on any atom is -0.383 e. The quantitative estimate of drug-likeness (QED) is 0.662. The van der Waals surface area contributed by atoms with E-state index in [0.717, 1.165) is 35.0 Å². The lowest BCUT2D eigenvalue weighted by atomic mass is 10.0. The molecule has 7 nitrogen and oxygen atoms in total. The van der Waals surface area contributed by atoms with Gasteiger partial charge in [0.2, 0.25) is 5.95 Å². The fourth-order valence-corrected chi connectivity index (χ4v) is 3.30. The maximum atomic E-state index is 10.4. The molecule has 144 valence electrons. The summed E-state index contributed by atoms with van der Waals surface area (Å²) in [7, 11) is 1.68. The summed E-state index contributed by atoms with van der Waals surface area (Å²) < 4.78 is 7.30. The van der Waals surface area contributed by atoms with Crippen molar-refractivity contribution < 1.29 is 9.84 Å². The van der Waals surface area contributed by atoms with Crippen LogP contribution in [0.1, 0.15) is 25.5 Å². The third-order valence-electron chi connectivity index (χ3n) is 5.07. The monoisotopic (exact) mass is 377 g/mol. The summed E-state index contributed by atoms with van der Waals surface area (Å²) in [6.07, 6.45) is 7.51. The summed E-state index contributed by atoms with van der Waals surface area (Å²) >= 11 is 0. The smallest absolute Gasteiger partial charge is 0.220 e. The highest BCUT2D eigenvalue weighted by molar-refractivity contribution is 5.95. The van der Waals surface area contributed by atoms with Crippen LogP contribution in [0.15, 0.2) is 30.7 Å². The Morgan fingerprint density at radius 1 is 1.39 bits per heavy atom. The van der Waals surface area contributed by atoms with Crippen molar-refractivity contribution in [2.75, 3.05) is 19.5 Å². The largest absolute Gasteiger partial charge is 0.383 e. The van der Waals surface area contributed by atoms with Gasteiger partial charge < -0.3 is 20.1 Å². The van der Waals surface area contributed by atoms with Crippen molar-refractivity contribution in [2.24, 2.45) is 5.92 Å². The van der Waals surface area contributed by atoms with E-state index in [1.165, 1.54) is 0 Å². The second-order valence-corrected chi connectivity index (χ2v) is 7.29. The third kappa shape index (κ3) is 3.70. The van der Waals surface area contributed by atoms with Crippen molar-refractivity contribution in [3.8, 4) is 23.1 Å². The molecular formula is C21H23N5O2. The second kappa shape index (κ2) is 7.23. The number of methoxy groups -OCH3 is 1. The average Bonchev–Trinajstić information content (AvgIpc) is 3.48. The Morgan fingerprint density at radius 2 is 2.21 bits per heavy atom. The summed E-state index contributed by atoms with van der Waals surface area (Å²) in [6.45, 7) is 3.05. The van der Waals surface area contributed by atoms with Gasteiger partial charge in [-0.2, -0.15) is 0 Å². The van der Waals surface area contributed by atoms with Crippen LogP contribution in [-0.2, 0) is 11.3 Å². The molecule has 3 aromatic heterocycles. The molecule has 0 saturated heterocycles. The molecule has 1 unspecified atom stereocenters. The summed E-state index contributed by atoms with van der Waals surface area (Å²) in [5, 5.41) is 11.4. The number of aliphatic hydroxyl groups is 1. The van der Waals surface area contributed by atoms with Gasteiger partial charge >= 0.3 is 0 Å². The highest BCUT2D eigenvalue weighted by Gasteiger charge is 2.38. The Bertz CT molecular complexity index is 1070. The van der Waals surface area contributed by atoms with Crippen LogP contribution in [0.5, 0.6) is 0 Å². The summed E-state index contributed by atoms with van der Waals surface area (Å²) in [4.78, 5) is 12.8. The topological polar surface area (TPSA) is 99.1 Å². The van der Waals surface area contributed by atoms with E-state index < -0.39 is 5.60 Å². The van der Waals surface area contributed by atoms with Gasteiger partial charge in [0.1, 0.15) is 11.3 Å². The van der Waals surface area contributed by atoms with E-state index in [1.807, 2.05) is 18.3 Å².